The molecule has 2 nitrogen and oxygen atoms in total. The van der Waals surface area contributed by atoms with Gasteiger partial charge in [-0.1, -0.05) is 0 Å². The van der Waals surface area contributed by atoms with Crippen molar-refractivity contribution in [3.63, 3.8) is 0 Å². The lowest BCUT2D eigenvalue weighted by molar-refractivity contribution is 0.0106. The first-order valence-electron chi connectivity index (χ1n) is 6.15. The molecule has 0 radical (unpaired) electrons. The molecule has 2 aliphatic heterocycles. The summed E-state index contributed by atoms with van der Waals surface area (Å²) in [5.74, 6) is 0.632. The Labute approximate surface area is 91.8 Å². The monoisotopic (exact) mass is 215 g/mol. The van der Waals surface area contributed by atoms with E-state index in [0.29, 0.717) is 12.5 Å². The summed E-state index contributed by atoms with van der Waals surface area (Å²) < 4.78 is 19.3. The maximum absolute atomic E-state index is 13.8. The molecule has 2 aliphatic rings. The van der Waals surface area contributed by atoms with Crippen LogP contribution < -0.4 is 0 Å². The smallest absolute Gasteiger partial charge is 0.120 e. The Morgan fingerprint density at radius 3 is 3.00 bits per heavy atom. The lowest BCUT2D eigenvalue weighted by atomic mass is 9.94. The number of rotatable bonds is 2. The Balaban J connectivity index is 1.78. The molecular formula is C12H22FNO. The van der Waals surface area contributed by atoms with Crippen LogP contribution in [-0.4, -0.2) is 43.4 Å². The van der Waals surface area contributed by atoms with Gasteiger partial charge in [-0.05, 0) is 45.1 Å². The lowest BCUT2D eigenvalue weighted by Crippen LogP contribution is -2.46. The summed E-state index contributed by atoms with van der Waals surface area (Å²) in [4.78, 5) is 2.28. The maximum atomic E-state index is 13.8. The summed E-state index contributed by atoms with van der Waals surface area (Å²) in [6.07, 6.45) is 4.15. The highest BCUT2D eigenvalue weighted by molar-refractivity contribution is 4.84. The molecule has 0 aromatic carbocycles. The highest BCUT2D eigenvalue weighted by atomic mass is 19.1. The number of hydrogen-bond acceptors (Lipinski definition) is 2. The molecule has 2 unspecified atom stereocenters. The minimum absolute atomic E-state index is 0.615. The van der Waals surface area contributed by atoms with Crippen molar-refractivity contribution in [1.82, 2.24) is 4.90 Å². The zero-order chi connectivity index (χ0) is 10.7. The SMILES string of the molecule is CC1(F)CCCN(CC2CCCOC2)C1. The van der Waals surface area contributed by atoms with E-state index in [1.807, 2.05) is 0 Å². The fraction of sp³-hybridized carbons (Fsp3) is 1.00. The molecule has 2 heterocycles. The van der Waals surface area contributed by atoms with Gasteiger partial charge in [-0.3, -0.25) is 4.90 Å². The number of likely N-dealkylation sites (tertiary alicyclic amines) is 1. The number of piperidine rings is 1. The van der Waals surface area contributed by atoms with Crippen molar-refractivity contribution >= 4 is 0 Å². The molecule has 2 atom stereocenters. The van der Waals surface area contributed by atoms with E-state index in [9.17, 15) is 4.39 Å². The summed E-state index contributed by atoms with van der Waals surface area (Å²) in [5, 5.41) is 0. The zero-order valence-electron chi connectivity index (χ0n) is 9.67. The van der Waals surface area contributed by atoms with Gasteiger partial charge < -0.3 is 4.74 Å². The lowest BCUT2D eigenvalue weighted by Gasteiger charge is -2.37. The second kappa shape index (κ2) is 4.79. The molecule has 0 aliphatic carbocycles. The van der Waals surface area contributed by atoms with Gasteiger partial charge in [-0.2, -0.15) is 0 Å². The second-order valence-corrected chi connectivity index (χ2v) is 5.34. The molecule has 15 heavy (non-hydrogen) atoms. The topological polar surface area (TPSA) is 12.5 Å². The van der Waals surface area contributed by atoms with E-state index in [4.69, 9.17) is 4.74 Å². The van der Waals surface area contributed by atoms with Gasteiger partial charge in [-0.25, -0.2) is 4.39 Å². The maximum Gasteiger partial charge on any atom is 0.120 e. The average molecular weight is 215 g/mol. The molecule has 0 amide bonds. The number of halogens is 1. The van der Waals surface area contributed by atoms with Crippen LogP contribution in [0.5, 0.6) is 0 Å². The fourth-order valence-electron chi connectivity index (χ4n) is 2.77. The zero-order valence-corrected chi connectivity index (χ0v) is 9.67. The normalized spacial score (nSPS) is 39.2. The first kappa shape index (κ1) is 11.3. The van der Waals surface area contributed by atoms with E-state index >= 15 is 0 Å². The summed E-state index contributed by atoms with van der Waals surface area (Å²) in [5.41, 5.74) is -0.965. The predicted octanol–water partition coefficient (Wildman–Crippen LogP) is 2.24. The van der Waals surface area contributed by atoms with E-state index in [1.54, 1.807) is 6.92 Å². The van der Waals surface area contributed by atoms with E-state index < -0.39 is 5.67 Å². The van der Waals surface area contributed by atoms with Crippen LogP contribution in [0.1, 0.15) is 32.6 Å². The highest BCUT2D eigenvalue weighted by Crippen LogP contribution is 2.26. The largest absolute Gasteiger partial charge is 0.381 e. The van der Waals surface area contributed by atoms with Crippen LogP contribution in [0.4, 0.5) is 4.39 Å². The molecule has 2 fully saturated rings. The molecule has 0 aromatic heterocycles. The Kier molecular flexibility index (Phi) is 3.62. The summed E-state index contributed by atoms with van der Waals surface area (Å²) in [6, 6.07) is 0. The number of hydrogen-bond donors (Lipinski definition) is 0. The van der Waals surface area contributed by atoms with Gasteiger partial charge in [0.1, 0.15) is 5.67 Å². The first-order valence-corrected chi connectivity index (χ1v) is 6.15. The van der Waals surface area contributed by atoms with Gasteiger partial charge in [0.25, 0.3) is 0 Å². The van der Waals surface area contributed by atoms with Gasteiger partial charge in [0.15, 0.2) is 0 Å². The quantitative estimate of drug-likeness (QED) is 0.700. The van der Waals surface area contributed by atoms with Crippen molar-refractivity contribution in [2.75, 3.05) is 32.8 Å². The first-order chi connectivity index (χ1) is 7.16. The van der Waals surface area contributed by atoms with Crippen molar-refractivity contribution in [2.24, 2.45) is 5.92 Å². The van der Waals surface area contributed by atoms with Gasteiger partial charge >= 0.3 is 0 Å². The summed E-state index contributed by atoms with van der Waals surface area (Å²) >= 11 is 0. The third kappa shape index (κ3) is 3.42. The number of nitrogens with zero attached hydrogens (tertiary/aromatic N) is 1. The molecule has 0 aromatic rings. The van der Waals surface area contributed by atoms with Crippen molar-refractivity contribution in [1.29, 1.82) is 0 Å². The van der Waals surface area contributed by atoms with Crippen molar-refractivity contribution in [2.45, 2.75) is 38.3 Å². The van der Waals surface area contributed by atoms with Gasteiger partial charge in [0, 0.05) is 19.7 Å². The Bertz CT molecular complexity index is 202. The van der Waals surface area contributed by atoms with Gasteiger partial charge in [0.05, 0.1) is 6.61 Å². The molecule has 0 bridgehead atoms. The van der Waals surface area contributed by atoms with Crippen LogP contribution in [0, 0.1) is 5.92 Å². The molecule has 3 heteroatoms. The van der Waals surface area contributed by atoms with Crippen LogP contribution >= 0.6 is 0 Å². The Morgan fingerprint density at radius 1 is 1.47 bits per heavy atom. The van der Waals surface area contributed by atoms with Crippen molar-refractivity contribution < 1.29 is 9.13 Å². The third-order valence-electron chi connectivity index (χ3n) is 3.50. The van der Waals surface area contributed by atoms with Crippen molar-refractivity contribution in [3.8, 4) is 0 Å². The molecular weight excluding hydrogens is 193 g/mol. The summed E-state index contributed by atoms with van der Waals surface area (Å²) in [7, 11) is 0. The van der Waals surface area contributed by atoms with Crippen LogP contribution in [0.15, 0.2) is 0 Å². The van der Waals surface area contributed by atoms with E-state index in [1.165, 1.54) is 12.8 Å². The average Bonchev–Trinajstić information content (AvgIpc) is 2.17. The van der Waals surface area contributed by atoms with E-state index in [-0.39, 0.29) is 0 Å². The second-order valence-electron chi connectivity index (χ2n) is 5.34. The minimum Gasteiger partial charge on any atom is -0.381 e. The standard InChI is InChI=1S/C12H22FNO/c1-12(13)5-3-6-14(10-12)8-11-4-2-7-15-9-11/h11H,2-10H2,1H3. The molecule has 0 N–H and O–H groups in total. The van der Waals surface area contributed by atoms with Crippen LogP contribution in [0.3, 0.4) is 0 Å². The molecule has 0 saturated carbocycles. The number of ether oxygens (including phenoxy) is 1. The van der Waals surface area contributed by atoms with Crippen LogP contribution in [0.25, 0.3) is 0 Å². The highest BCUT2D eigenvalue weighted by Gasteiger charge is 2.31. The molecule has 2 saturated heterocycles. The van der Waals surface area contributed by atoms with Crippen molar-refractivity contribution in [3.05, 3.63) is 0 Å². The fourth-order valence-corrected chi connectivity index (χ4v) is 2.77. The van der Waals surface area contributed by atoms with Crippen LogP contribution in [-0.2, 0) is 4.74 Å². The summed E-state index contributed by atoms with van der Waals surface area (Å²) in [6.45, 7) is 6.23. The van der Waals surface area contributed by atoms with E-state index in [2.05, 4.69) is 4.90 Å². The Morgan fingerprint density at radius 2 is 2.33 bits per heavy atom. The van der Waals surface area contributed by atoms with Crippen LogP contribution in [0.2, 0.25) is 0 Å². The molecule has 88 valence electrons. The van der Waals surface area contributed by atoms with Gasteiger partial charge in [-0.15, -0.1) is 0 Å². The molecule has 2 rings (SSSR count). The molecule has 0 spiro atoms. The predicted molar refractivity (Wildman–Crippen MR) is 58.7 cm³/mol. The minimum atomic E-state index is -0.965. The van der Waals surface area contributed by atoms with E-state index in [0.717, 1.165) is 39.1 Å². The number of alkyl halides is 1. The van der Waals surface area contributed by atoms with Gasteiger partial charge in [0.2, 0.25) is 0 Å². The third-order valence-corrected chi connectivity index (χ3v) is 3.50. The Hall–Kier alpha value is -0.150.